The van der Waals surface area contributed by atoms with Crippen LogP contribution in [-0.2, 0) is 0 Å². The van der Waals surface area contributed by atoms with E-state index in [1.54, 1.807) is 23.1 Å². The molecule has 5 heteroatoms. The second-order valence-corrected chi connectivity index (χ2v) is 3.63. The van der Waals surface area contributed by atoms with Gasteiger partial charge in [0.2, 0.25) is 0 Å². The molecule has 2 aromatic rings. The largest absolute Gasteiger partial charge is 0.235 e. The molecule has 0 unspecified atom stereocenters. The summed E-state index contributed by atoms with van der Waals surface area (Å²) in [5, 5.41) is 4.64. The normalized spacial score (nSPS) is 10.7. The van der Waals surface area contributed by atoms with Crippen molar-refractivity contribution in [3.05, 3.63) is 27.2 Å². The Morgan fingerprint density at radius 2 is 2.27 bits per heavy atom. The first-order valence-corrected chi connectivity index (χ1v) is 4.37. The van der Waals surface area contributed by atoms with Crippen molar-refractivity contribution in [2.45, 2.75) is 0 Å². The van der Waals surface area contributed by atoms with E-state index in [0.717, 1.165) is 9.22 Å². The van der Waals surface area contributed by atoms with Crippen LogP contribution in [-0.4, -0.2) is 14.6 Å². The summed E-state index contributed by atoms with van der Waals surface area (Å²) >= 11 is 7.88. The smallest absolute Gasteiger partial charge is 0.168 e. The van der Waals surface area contributed by atoms with Crippen molar-refractivity contribution in [1.29, 1.82) is 0 Å². The highest BCUT2D eigenvalue weighted by Gasteiger charge is 2.00. The van der Waals surface area contributed by atoms with Gasteiger partial charge in [-0.25, -0.2) is 9.50 Å². The molecule has 0 saturated carbocycles. The lowest BCUT2D eigenvalue weighted by atomic mass is 10.6. The molecule has 0 bridgehead atoms. The van der Waals surface area contributed by atoms with Gasteiger partial charge in [0.1, 0.15) is 0 Å². The monoisotopic (exact) mass is 279 g/mol. The molecular formula is C6H3ClIN3. The van der Waals surface area contributed by atoms with Gasteiger partial charge in [-0.1, -0.05) is 11.6 Å². The van der Waals surface area contributed by atoms with E-state index in [1.165, 1.54) is 0 Å². The molecule has 0 aliphatic rings. The van der Waals surface area contributed by atoms with Crippen molar-refractivity contribution < 1.29 is 0 Å². The number of nitrogens with zero attached hydrogens (tertiary/aromatic N) is 3. The first-order chi connectivity index (χ1) is 5.27. The highest BCUT2D eigenvalue weighted by Crippen LogP contribution is 2.12. The van der Waals surface area contributed by atoms with Crippen LogP contribution in [0.4, 0.5) is 0 Å². The zero-order valence-electron chi connectivity index (χ0n) is 5.33. The Morgan fingerprint density at radius 3 is 3.09 bits per heavy atom. The van der Waals surface area contributed by atoms with Gasteiger partial charge in [0.05, 0.1) is 21.0 Å². The van der Waals surface area contributed by atoms with E-state index in [4.69, 9.17) is 11.6 Å². The minimum atomic E-state index is 0.594. The van der Waals surface area contributed by atoms with E-state index in [9.17, 15) is 0 Å². The van der Waals surface area contributed by atoms with Crippen molar-refractivity contribution >= 4 is 39.8 Å². The molecule has 0 atom stereocenters. The minimum Gasteiger partial charge on any atom is -0.235 e. The molecule has 0 aromatic carbocycles. The third-order valence-electron chi connectivity index (χ3n) is 1.28. The van der Waals surface area contributed by atoms with Crippen LogP contribution >= 0.6 is 34.2 Å². The second kappa shape index (κ2) is 2.60. The molecular weight excluding hydrogens is 276 g/mol. The highest BCUT2D eigenvalue weighted by molar-refractivity contribution is 14.1. The zero-order chi connectivity index (χ0) is 7.84. The van der Waals surface area contributed by atoms with Gasteiger partial charge in [-0.05, 0) is 22.6 Å². The van der Waals surface area contributed by atoms with E-state index >= 15 is 0 Å². The summed E-state index contributed by atoms with van der Waals surface area (Å²) in [7, 11) is 0. The summed E-state index contributed by atoms with van der Waals surface area (Å²) in [6.07, 6.45) is 5.09. The Hall–Kier alpha value is -0.360. The molecule has 2 rings (SSSR count). The van der Waals surface area contributed by atoms with Gasteiger partial charge in [0.15, 0.2) is 5.65 Å². The summed E-state index contributed by atoms with van der Waals surface area (Å²) in [5.41, 5.74) is 0.843. The molecule has 0 saturated heterocycles. The lowest BCUT2D eigenvalue weighted by Gasteiger charge is -1.91. The molecule has 11 heavy (non-hydrogen) atoms. The van der Waals surface area contributed by atoms with E-state index < -0.39 is 0 Å². The Bertz CT molecular complexity index is 398. The third kappa shape index (κ3) is 1.20. The minimum absolute atomic E-state index is 0.594. The van der Waals surface area contributed by atoms with Crippen molar-refractivity contribution in [1.82, 2.24) is 14.6 Å². The van der Waals surface area contributed by atoms with Crippen LogP contribution in [0.2, 0.25) is 5.02 Å². The fourth-order valence-electron chi connectivity index (χ4n) is 0.823. The lowest BCUT2D eigenvalue weighted by Crippen LogP contribution is -1.88. The maximum absolute atomic E-state index is 5.70. The van der Waals surface area contributed by atoms with Gasteiger partial charge in [-0.3, -0.25) is 0 Å². The Morgan fingerprint density at radius 1 is 1.45 bits per heavy atom. The van der Waals surface area contributed by atoms with E-state index in [2.05, 4.69) is 32.7 Å². The highest BCUT2D eigenvalue weighted by atomic mass is 127. The molecule has 2 aromatic heterocycles. The average molecular weight is 279 g/mol. The zero-order valence-corrected chi connectivity index (χ0v) is 8.24. The van der Waals surface area contributed by atoms with Crippen molar-refractivity contribution in [3.63, 3.8) is 0 Å². The Balaban J connectivity index is 2.86. The van der Waals surface area contributed by atoms with Gasteiger partial charge >= 0.3 is 0 Å². The topological polar surface area (TPSA) is 30.2 Å². The Labute approximate surface area is 81.5 Å². The fraction of sp³-hybridized carbons (Fsp3) is 0. The molecule has 0 amide bonds. The second-order valence-electron chi connectivity index (χ2n) is 2.03. The van der Waals surface area contributed by atoms with Gasteiger partial charge < -0.3 is 0 Å². The van der Waals surface area contributed by atoms with E-state index in [1.807, 2.05) is 0 Å². The van der Waals surface area contributed by atoms with Crippen LogP contribution in [0.3, 0.4) is 0 Å². The number of rotatable bonds is 0. The molecule has 0 radical (unpaired) electrons. The average Bonchev–Trinajstić information content (AvgIpc) is 2.32. The van der Waals surface area contributed by atoms with Crippen LogP contribution in [0.25, 0.3) is 5.65 Å². The van der Waals surface area contributed by atoms with Crippen LogP contribution in [0.5, 0.6) is 0 Å². The van der Waals surface area contributed by atoms with Crippen LogP contribution in [0.1, 0.15) is 0 Å². The van der Waals surface area contributed by atoms with Gasteiger partial charge in [-0.2, -0.15) is 5.10 Å². The van der Waals surface area contributed by atoms with Gasteiger partial charge in [-0.15, -0.1) is 0 Å². The quantitative estimate of drug-likeness (QED) is 0.690. The first kappa shape index (κ1) is 7.30. The number of halogens is 2. The van der Waals surface area contributed by atoms with Crippen molar-refractivity contribution in [2.75, 3.05) is 0 Å². The van der Waals surface area contributed by atoms with Gasteiger partial charge in [0, 0.05) is 6.20 Å². The van der Waals surface area contributed by atoms with Crippen LogP contribution in [0, 0.1) is 3.57 Å². The molecule has 0 N–H and O–H groups in total. The number of hydrogen-bond donors (Lipinski definition) is 0. The molecule has 0 spiro atoms. The maximum Gasteiger partial charge on any atom is 0.168 e. The summed E-state index contributed by atoms with van der Waals surface area (Å²) in [4.78, 5) is 4.10. The number of aromatic nitrogens is 3. The van der Waals surface area contributed by atoms with Crippen molar-refractivity contribution in [2.24, 2.45) is 0 Å². The molecule has 0 aliphatic heterocycles. The van der Waals surface area contributed by atoms with Gasteiger partial charge in [0.25, 0.3) is 0 Å². The molecule has 2 heterocycles. The Kier molecular flexibility index (Phi) is 1.72. The molecule has 0 aliphatic carbocycles. The van der Waals surface area contributed by atoms with E-state index in [-0.39, 0.29) is 0 Å². The fourth-order valence-corrected chi connectivity index (χ4v) is 1.48. The number of hydrogen-bond acceptors (Lipinski definition) is 2. The molecule has 56 valence electrons. The third-order valence-corrected chi connectivity index (χ3v) is 2.24. The SMILES string of the molecule is Clc1cnc2c(I)cnn2c1. The van der Waals surface area contributed by atoms with Crippen molar-refractivity contribution in [3.8, 4) is 0 Å². The van der Waals surface area contributed by atoms with Crippen LogP contribution < -0.4 is 0 Å². The molecule has 3 nitrogen and oxygen atoms in total. The van der Waals surface area contributed by atoms with Crippen LogP contribution in [0.15, 0.2) is 18.6 Å². The number of fused-ring (bicyclic) bond motifs is 1. The molecule has 0 fully saturated rings. The standard InChI is InChI=1S/C6H3ClIN3/c7-4-1-9-6-5(8)2-10-11(6)3-4/h1-3H. The predicted molar refractivity (Wildman–Crippen MR) is 50.7 cm³/mol. The lowest BCUT2D eigenvalue weighted by molar-refractivity contribution is 0.939. The predicted octanol–water partition coefficient (Wildman–Crippen LogP) is 1.99. The first-order valence-electron chi connectivity index (χ1n) is 2.92. The summed E-state index contributed by atoms with van der Waals surface area (Å²) < 4.78 is 2.68. The maximum atomic E-state index is 5.70. The summed E-state index contributed by atoms with van der Waals surface area (Å²) in [5.74, 6) is 0. The summed E-state index contributed by atoms with van der Waals surface area (Å²) in [6, 6.07) is 0. The van der Waals surface area contributed by atoms with E-state index in [0.29, 0.717) is 5.02 Å². The summed E-state index contributed by atoms with van der Waals surface area (Å²) in [6.45, 7) is 0.